The molecular formula is C26H45NO21. The van der Waals surface area contributed by atoms with E-state index in [1.807, 2.05) is 0 Å². The van der Waals surface area contributed by atoms with Crippen molar-refractivity contribution in [2.24, 2.45) is 0 Å². The third-order valence-electron chi connectivity index (χ3n) is 8.61. The first-order valence-corrected chi connectivity index (χ1v) is 15.1. The fourth-order valence-electron chi connectivity index (χ4n) is 5.94. The fourth-order valence-corrected chi connectivity index (χ4v) is 5.94. The molecule has 20 atom stereocenters. The van der Waals surface area contributed by atoms with E-state index in [4.69, 9.17) is 33.2 Å². The Bertz CT molecular complexity index is 1030. The van der Waals surface area contributed by atoms with Gasteiger partial charge in [-0.25, -0.2) is 0 Å². The molecule has 4 rings (SSSR count). The quantitative estimate of drug-likeness (QED) is 0.0947. The molecule has 4 fully saturated rings. The maximum absolute atomic E-state index is 11.7. The Morgan fingerprint density at radius 2 is 0.896 bits per heavy atom. The van der Waals surface area contributed by atoms with Gasteiger partial charge >= 0.3 is 0 Å². The van der Waals surface area contributed by atoms with Gasteiger partial charge in [0.05, 0.1) is 26.4 Å². The molecule has 22 heteroatoms. The zero-order valence-electron chi connectivity index (χ0n) is 25.5. The van der Waals surface area contributed by atoms with E-state index in [1.165, 1.54) is 0 Å². The van der Waals surface area contributed by atoms with Crippen LogP contribution in [0.5, 0.6) is 0 Å². The second kappa shape index (κ2) is 16.8. The van der Waals surface area contributed by atoms with Gasteiger partial charge in [-0.05, 0) is 0 Å². The minimum Gasteiger partial charge on any atom is -0.394 e. The number of hydrogen-bond donors (Lipinski definition) is 14. The Morgan fingerprint density at radius 1 is 0.500 bits per heavy atom. The standard InChI is InChI=1S/C26H45NO21/c1-6(32)27-11-14(35)20(9(4-30)42-23(11)41)46-26-19(40)22(48-25-18(39)16(37)13(34)8(3-29)44-25)21(10(5-31)45-26)47-24-17(38)15(36)12(33)7(2-28)43-24/h7-26,28-31,33-41H,2-5H2,1H3,(H,27,32)/t7-,8-,9-,10-,11-,12+,13+,14-,15+,16+,17-,18-,19-,20-,21+,22-,23-,24-,25-,26+/m1/s1. The lowest BCUT2D eigenvalue weighted by Crippen LogP contribution is -2.69. The summed E-state index contributed by atoms with van der Waals surface area (Å²) in [4.78, 5) is 11.7. The number of aliphatic hydroxyl groups excluding tert-OH is 13. The molecule has 48 heavy (non-hydrogen) atoms. The number of nitrogens with one attached hydrogen (secondary N) is 1. The molecule has 1 amide bonds. The molecule has 0 aliphatic carbocycles. The van der Waals surface area contributed by atoms with Crippen LogP contribution in [0.3, 0.4) is 0 Å². The minimum atomic E-state index is -2.10. The second-order valence-electron chi connectivity index (χ2n) is 11.9. The Labute approximate surface area is 272 Å². The molecule has 4 aliphatic heterocycles. The number of aliphatic hydroxyl groups is 13. The Balaban J connectivity index is 1.66. The monoisotopic (exact) mass is 707 g/mol. The van der Waals surface area contributed by atoms with Crippen LogP contribution in [0.25, 0.3) is 0 Å². The first-order chi connectivity index (χ1) is 22.7. The van der Waals surface area contributed by atoms with Gasteiger partial charge in [0.2, 0.25) is 5.91 Å². The molecule has 0 spiro atoms. The van der Waals surface area contributed by atoms with Crippen LogP contribution in [0, 0.1) is 0 Å². The Kier molecular flexibility index (Phi) is 13.8. The van der Waals surface area contributed by atoms with Crippen LogP contribution in [-0.4, -0.2) is 221 Å². The normalized spacial score (nSPS) is 50.2. The highest BCUT2D eigenvalue weighted by atomic mass is 16.8. The molecule has 0 aromatic heterocycles. The van der Waals surface area contributed by atoms with Crippen molar-refractivity contribution in [1.29, 1.82) is 0 Å². The lowest BCUT2D eigenvalue weighted by Gasteiger charge is -2.50. The largest absolute Gasteiger partial charge is 0.394 e. The highest BCUT2D eigenvalue weighted by Gasteiger charge is 2.56. The molecule has 4 heterocycles. The first kappa shape index (κ1) is 39.5. The van der Waals surface area contributed by atoms with E-state index in [2.05, 4.69) is 5.32 Å². The van der Waals surface area contributed by atoms with Gasteiger partial charge in [-0.2, -0.15) is 0 Å². The lowest BCUT2D eigenvalue weighted by atomic mass is 9.94. The molecule has 0 aromatic rings. The van der Waals surface area contributed by atoms with E-state index in [0.29, 0.717) is 0 Å². The van der Waals surface area contributed by atoms with E-state index < -0.39 is 155 Å². The van der Waals surface area contributed by atoms with Crippen molar-refractivity contribution in [2.75, 3.05) is 26.4 Å². The van der Waals surface area contributed by atoms with Crippen LogP contribution in [0.1, 0.15) is 6.92 Å². The van der Waals surface area contributed by atoms with Crippen LogP contribution in [-0.2, 0) is 38.0 Å². The third kappa shape index (κ3) is 8.08. The maximum atomic E-state index is 11.7. The van der Waals surface area contributed by atoms with Crippen molar-refractivity contribution >= 4 is 5.91 Å². The van der Waals surface area contributed by atoms with E-state index in [-0.39, 0.29) is 0 Å². The average molecular weight is 708 g/mol. The molecule has 0 saturated carbocycles. The van der Waals surface area contributed by atoms with Gasteiger partial charge < -0.3 is 105 Å². The summed E-state index contributed by atoms with van der Waals surface area (Å²) in [5.74, 6) is -0.682. The van der Waals surface area contributed by atoms with Crippen molar-refractivity contribution in [3.8, 4) is 0 Å². The summed E-state index contributed by atoms with van der Waals surface area (Å²) in [5, 5.41) is 137. The van der Waals surface area contributed by atoms with Gasteiger partial charge in [-0.1, -0.05) is 0 Å². The van der Waals surface area contributed by atoms with Crippen LogP contribution in [0.15, 0.2) is 0 Å². The molecule has 0 bridgehead atoms. The van der Waals surface area contributed by atoms with Gasteiger partial charge in [0.1, 0.15) is 97.6 Å². The van der Waals surface area contributed by atoms with Gasteiger partial charge in [-0.15, -0.1) is 0 Å². The second-order valence-corrected chi connectivity index (χ2v) is 11.9. The van der Waals surface area contributed by atoms with Crippen LogP contribution in [0.4, 0.5) is 0 Å². The van der Waals surface area contributed by atoms with Crippen LogP contribution >= 0.6 is 0 Å². The maximum Gasteiger partial charge on any atom is 0.217 e. The fraction of sp³-hybridized carbons (Fsp3) is 0.962. The summed E-state index contributed by atoms with van der Waals surface area (Å²) >= 11 is 0. The predicted octanol–water partition coefficient (Wildman–Crippen LogP) is -9.61. The predicted molar refractivity (Wildman–Crippen MR) is 145 cm³/mol. The summed E-state index contributed by atoms with van der Waals surface area (Å²) in [7, 11) is 0. The van der Waals surface area contributed by atoms with Crippen LogP contribution in [0.2, 0.25) is 0 Å². The smallest absolute Gasteiger partial charge is 0.217 e. The zero-order valence-corrected chi connectivity index (χ0v) is 25.5. The summed E-state index contributed by atoms with van der Waals surface area (Å²) < 4.78 is 39.0. The number of amides is 1. The topological polar surface area (TPSA) is 357 Å². The summed E-state index contributed by atoms with van der Waals surface area (Å²) in [5.41, 5.74) is 0. The number of rotatable bonds is 11. The molecule has 4 saturated heterocycles. The zero-order chi connectivity index (χ0) is 35.6. The highest BCUT2D eigenvalue weighted by molar-refractivity contribution is 5.73. The molecule has 280 valence electrons. The van der Waals surface area contributed by atoms with Gasteiger partial charge in [0.15, 0.2) is 25.2 Å². The summed E-state index contributed by atoms with van der Waals surface area (Å²) in [6.07, 6.45) is -34.3. The number of carbonyl (C=O) groups excluding carboxylic acids is 1. The molecule has 14 N–H and O–H groups in total. The number of ether oxygens (including phenoxy) is 7. The minimum absolute atomic E-state index is 0.682. The van der Waals surface area contributed by atoms with E-state index in [9.17, 15) is 71.2 Å². The third-order valence-corrected chi connectivity index (χ3v) is 8.61. The van der Waals surface area contributed by atoms with Crippen molar-refractivity contribution in [1.82, 2.24) is 5.32 Å². The molecule has 4 aliphatic rings. The summed E-state index contributed by atoms with van der Waals surface area (Å²) in [6.45, 7) is -2.44. The van der Waals surface area contributed by atoms with Crippen molar-refractivity contribution in [3.63, 3.8) is 0 Å². The van der Waals surface area contributed by atoms with E-state index >= 15 is 0 Å². The van der Waals surface area contributed by atoms with Gasteiger partial charge in [-0.3, -0.25) is 4.79 Å². The molecule has 0 unspecified atom stereocenters. The number of carbonyl (C=O) groups is 1. The van der Waals surface area contributed by atoms with Crippen molar-refractivity contribution in [2.45, 2.75) is 130 Å². The van der Waals surface area contributed by atoms with Gasteiger partial charge in [0.25, 0.3) is 0 Å². The molecule has 0 radical (unpaired) electrons. The Morgan fingerprint density at radius 3 is 1.35 bits per heavy atom. The first-order valence-electron chi connectivity index (χ1n) is 15.1. The molecule has 22 nitrogen and oxygen atoms in total. The van der Waals surface area contributed by atoms with Gasteiger partial charge in [0, 0.05) is 6.92 Å². The average Bonchev–Trinajstić information content (AvgIpc) is 3.06. The van der Waals surface area contributed by atoms with E-state index in [0.717, 1.165) is 6.92 Å². The Hall–Kier alpha value is -1.33. The number of hydrogen-bond acceptors (Lipinski definition) is 21. The van der Waals surface area contributed by atoms with Crippen molar-refractivity contribution in [3.05, 3.63) is 0 Å². The highest BCUT2D eigenvalue weighted by Crippen LogP contribution is 2.35. The molecular weight excluding hydrogens is 662 g/mol. The summed E-state index contributed by atoms with van der Waals surface area (Å²) in [6, 6.07) is -1.49. The van der Waals surface area contributed by atoms with Crippen LogP contribution < -0.4 is 5.32 Å². The van der Waals surface area contributed by atoms with E-state index in [1.54, 1.807) is 0 Å². The molecule has 0 aromatic carbocycles. The van der Waals surface area contributed by atoms with Crippen molar-refractivity contribution < 1.29 is 104 Å². The lowest BCUT2D eigenvalue weighted by molar-refractivity contribution is -0.396. The SMILES string of the molecule is CC(=O)N[C@@H]1[C@@H](O)[C@H](O[C@@H]2O[C@H](CO)[C@H](O[C@H]3O[C@H](CO)[C@H](O)[C@H](O)[C@H]3O)[C@H](O[C@H]3O[C@H](CO)[C@H](O)[C@H](O)[C@H]3O)[C@H]2O)[C@@H](CO)O[C@H]1O.